The quantitative estimate of drug-likeness (QED) is 0.755. The standard InChI is InChI=1S/C16H16ClN3O3/c17-12-4-6-13(7-5-12)23-11-15(21)19-9-10-20-16(22)14-3-1-2-8-18-14/h1-8H,9-11H2,(H,19,21)(H,20,22). The van der Waals surface area contributed by atoms with E-state index in [0.717, 1.165) is 0 Å². The Morgan fingerprint density at radius 1 is 1.04 bits per heavy atom. The van der Waals surface area contributed by atoms with Gasteiger partial charge in [0.05, 0.1) is 0 Å². The minimum absolute atomic E-state index is 0.101. The van der Waals surface area contributed by atoms with Crippen LogP contribution in [-0.4, -0.2) is 36.5 Å². The van der Waals surface area contributed by atoms with Crippen LogP contribution >= 0.6 is 11.6 Å². The van der Waals surface area contributed by atoms with Gasteiger partial charge in [-0.2, -0.15) is 0 Å². The molecule has 1 aromatic carbocycles. The van der Waals surface area contributed by atoms with Crippen LogP contribution in [0.3, 0.4) is 0 Å². The lowest BCUT2D eigenvalue weighted by atomic mass is 10.3. The second-order valence-corrected chi connectivity index (χ2v) is 5.00. The summed E-state index contributed by atoms with van der Waals surface area (Å²) >= 11 is 5.75. The van der Waals surface area contributed by atoms with Gasteiger partial charge in [-0.1, -0.05) is 17.7 Å². The van der Waals surface area contributed by atoms with Crippen LogP contribution in [0.1, 0.15) is 10.5 Å². The Morgan fingerprint density at radius 3 is 2.48 bits per heavy atom. The number of hydrogen-bond acceptors (Lipinski definition) is 4. The van der Waals surface area contributed by atoms with Crippen molar-refractivity contribution in [1.82, 2.24) is 15.6 Å². The number of rotatable bonds is 7. The maximum Gasteiger partial charge on any atom is 0.269 e. The van der Waals surface area contributed by atoms with Crippen LogP contribution in [0.15, 0.2) is 48.7 Å². The SMILES string of the molecule is O=C(COc1ccc(Cl)cc1)NCCNC(=O)c1ccccn1. The number of nitrogens with one attached hydrogen (secondary N) is 2. The lowest BCUT2D eigenvalue weighted by Gasteiger charge is -2.08. The first kappa shape index (κ1) is 16.8. The van der Waals surface area contributed by atoms with Crippen molar-refractivity contribution in [2.24, 2.45) is 0 Å². The zero-order valence-electron chi connectivity index (χ0n) is 12.3. The molecule has 0 aliphatic heterocycles. The van der Waals surface area contributed by atoms with Gasteiger partial charge in [-0.15, -0.1) is 0 Å². The van der Waals surface area contributed by atoms with Crippen LogP contribution in [0.2, 0.25) is 5.02 Å². The number of amides is 2. The van der Waals surface area contributed by atoms with E-state index >= 15 is 0 Å². The Balaban J connectivity index is 1.61. The number of aromatic nitrogens is 1. The number of benzene rings is 1. The molecule has 0 atom stereocenters. The number of carbonyl (C=O) groups is 2. The number of nitrogens with zero attached hydrogens (tertiary/aromatic N) is 1. The molecule has 2 rings (SSSR count). The Labute approximate surface area is 138 Å². The number of hydrogen-bond donors (Lipinski definition) is 2. The van der Waals surface area contributed by atoms with Gasteiger partial charge in [-0.05, 0) is 36.4 Å². The fraction of sp³-hybridized carbons (Fsp3) is 0.188. The summed E-state index contributed by atoms with van der Waals surface area (Å²) in [6.07, 6.45) is 1.55. The third kappa shape index (κ3) is 5.96. The molecule has 0 aliphatic rings. The Kier molecular flexibility index (Phi) is 6.38. The third-order valence-corrected chi connectivity index (χ3v) is 3.07. The number of carbonyl (C=O) groups excluding carboxylic acids is 2. The molecular weight excluding hydrogens is 318 g/mol. The Hall–Kier alpha value is -2.60. The van der Waals surface area contributed by atoms with Crippen molar-refractivity contribution < 1.29 is 14.3 Å². The minimum atomic E-state index is -0.280. The van der Waals surface area contributed by atoms with Gasteiger partial charge in [-0.3, -0.25) is 14.6 Å². The molecule has 0 bridgehead atoms. The van der Waals surface area contributed by atoms with Crippen molar-refractivity contribution >= 4 is 23.4 Å². The summed E-state index contributed by atoms with van der Waals surface area (Å²) in [5.41, 5.74) is 0.338. The first-order chi connectivity index (χ1) is 11.1. The highest BCUT2D eigenvalue weighted by atomic mass is 35.5. The van der Waals surface area contributed by atoms with Crippen molar-refractivity contribution in [3.63, 3.8) is 0 Å². The molecule has 0 saturated heterocycles. The molecule has 6 nitrogen and oxygen atoms in total. The van der Waals surface area contributed by atoms with Crippen molar-refractivity contribution in [3.05, 3.63) is 59.4 Å². The molecule has 0 spiro atoms. The maximum atomic E-state index is 11.7. The predicted molar refractivity (Wildman–Crippen MR) is 86.5 cm³/mol. The van der Waals surface area contributed by atoms with Crippen LogP contribution in [-0.2, 0) is 4.79 Å². The molecule has 1 heterocycles. The first-order valence-corrected chi connectivity index (χ1v) is 7.37. The smallest absolute Gasteiger partial charge is 0.269 e. The molecule has 2 N–H and O–H groups in total. The normalized spacial score (nSPS) is 9.96. The van der Waals surface area contributed by atoms with Crippen molar-refractivity contribution in [2.75, 3.05) is 19.7 Å². The molecule has 2 amide bonds. The highest BCUT2D eigenvalue weighted by molar-refractivity contribution is 6.30. The Morgan fingerprint density at radius 2 is 1.78 bits per heavy atom. The van der Waals surface area contributed by atoms with E-state index in [1.807, 2.05) is 0 Å². The van der Waals surface area contributed by atoms with Crippen LogP contribution in [0, 0.1) is 0 Å². The molecular formula is C16H16ClN3O3. The summed E-state index contributed by atoms with van der Waals surface area (Å²) in [5, 5.41) is 5.91. The van der Waals surface area contributed by atoms with Gasteiger partial charge in [0.25, 0.3) is 11.8 Å². The van der Waals surface area contributed by atoms with Crippen LogP contribution < -0.4 is 15.4 Å². The summed E-state index contributed by atoms with van der Waals surface area (Å²) in [5.74, 6) is 0.0114. The fourth-order valence-electron chi connectivity index (χ4n) is 1.70. The molecule has 2 aromatic rings. The van der Waals surface area contributed by atoms with Crippen LogP contribution in [0.25, 0.3) is 0 Å². The molecule has 0 saturated carbocycles. The van der Waals surface area contributed by atoms with Crippen molar-refractivity contribution in [2.45, 2.75) is 0 Å². The fourth-order valence-corrected chi connectivity index (χ4v) is 1.82. The third-order valence-electron chi connectivity index (χ3n) is 2.81. The number of ether oxygens (including phenoxy) is 1. The maximum absolute atomic E-state index is 11.7. The number of pyridine rings is 1. The van der Waals surface area contributed by atoms with Crippen molar-refractivity contribution in [3.8, 4) is 5.75 Å². The van der Waals surface area contributed by atoms with E-state index in [1.54, 1.807) is 48.7 Å². The highest BCUT2D eigenvalue weighted by Crippen LogP contribution is 2.15. The van der Waals surface area contributed by atoms with Gasteiger partial charge < -0.3 is 15.4 Å². The second-order valence-electron chi connectivity index (χ2n) is 4.56. The molecule has 120 valence electrons. The molecule has 1 aromatic heterocycles. The average Bonchev–Trinajstić information content (AvgIpc) is 2.59. The second kappa shape index (κ2) is 8.75. The van der Waals surface area contributed by atoms with E-state index in [1.165, 1.54) is 0 Å². The van der Waals surface area contributed by atoms with Gasteiger partial charge in [0.15, 0.2) is 6.61 Å². The minimum Gasteiger partial charge on any atom is -0.484 e. The van der Waals surface area contributed by atoms with Gasteiger partial charge in [0.1, 0.15) is 11.4 Å². The lowest BCUT2D eigenvalue weighted by molar-refractivity contribution is -0.123. The van der Waals surface area contributed by atoms with Gasteiger partial charge in [0, 0.05) is 24.3 Å². The average molecular weight is 334 g/mol. The van der Waals surface area contributed by atoms with Crippen LogP contribution in [0.4, 0.5) is 0 Å². The van der Waals surface area contributed by atoms with Gasteiger partial charge in [0.2, 0.25) is 0 Å². The first-order valence-electron chi connectivity index (χ1n) is 6.99. The molecule has 0 fully saturated rings. The summed E-state index contributed by atoms with van der Waals surface area (Å²) in [6, 6.07) is 11.8. The van der Waals surface area contributed by atoms with E-state index in [-0.39, 0.29) is 18.4 Å². The largest absolute Gasteiger partial charge is 0.484 e. The van der Waals surface area contributed by atoms with Gasteiger partial charge >= 0.3 is 0 Å². The number of halogens is 1. The van der Waals surface area contributed by atoms with Crippen molar-refractivity contribution in [1.29, 1.82) is 0 Å². The Bertz CT molecular complexity index is 647. The molecule has 7 heteroatoms. The summed E-state index contributed by atoms with van der Waals surface area (Å²) in [7, 11) is 0. The van der Waals surface area contributed by atoms with E-state index in [2.05, 4.69) is 15.6 Å². The monoisotopic (exact) mass is 333 g/mol. The zero-order valence-corrected chi connectivity index (χ0v) is 13.0. The van der Waals surface area contributed by atoms with Crippen LogP contribution in [0.5, 0.6) is 5.75 Å². The zero-order chi connectivity index (χ0) is 16.5. The van der Waals surface area contributed by atoms with E-state index in [9.17, 15) is 9.59 Å². The highest BCUT2D eigenvalue weighted by Gasteiger charge is 2.06. The van der Waals surface area contributed by atoms with E-state index in [4.69, 9.17) is 16.3 Å². The van der Waals surface area contributed by atoms with E-state index < -0.39 is 0 Å². The van der Waals surface area contributed by atoms with Gasteiger partial charge in [-0.25, -0.2) is 0 Å². The predicted octanol–water partition coefficient (Wildman–Crippen LogP) is 1.66. The molecule has 0 radical (unpaired) electrons. The lowest BCUT2D eigenvalue weighted by Crippen LogP contribution is -2.37. The summed E-state index contributed by atoms with van der Waals surface area (Å²) in [6.45, 7) is 0.513. The topological polar surface area (TPSA) is 80.3 Å². The molecule has 0 aliphatic carbocycles. The molecule has 0 unspecified atom stereocenters. The summed E-state index contributed by atoms with van der Waals surface area (Å²) < 4.78 is 5.30. The van der Waals surface area contributed by atoms with E-state index in [0.29, 0.717) is 29.6 Å². The molecule has 23 heavy (non-hydrogen) atoms. The summed E-state index contributed by atoms with van der Waals surface area (Å²) in [4.78, 5) is 27.2.